The van der Waals surface area contributed by atoms with Crippen LogP contribution in [0.25, 0.3) is 0 Å². The van der Waals surface area contributed by atoms with Crippen LogP contribution in [0.15, 0.2) is 29.2 Å². The molecule has 0 saturated carbocycles. The van der Waals surface area contributed by atoms with Gasteiger partial charge in [0, 0.05) is 6.26 Å². The first-order chi connectivity index (χ1) is 5.93. The van der Waals surface area contributed by atoms with E-state index in [0.29, 0.717) is 0 Å². The maximum absolute atomic E-state index is 11.1. The quantitative estimate of drug-likeness (QED) is 0.775. The Morgan fingerprint density at radius 1 is 1.15 bits per heavy atom. The number of hydrogen-bond donors (Lipinski definition) is 0. The minimum atomic E-state index is -3.71. The second-order valence-electron chi connectivity index (χ2n) is 2.42. The minimum absolute atomic E-state index is 0.0609. The predicted octanol–water partition coefficient (Wildman–Crippen LogP) is 1.46. The molecule has 0 heterocycles. The van der Waals surface area contributed by atoms with Crippen molar-refractivity contribution in [3.05, 3.63) is 27.8 Å². The van der Waals surface area contributed by atoms with Gasteiger partial charge >= 0.3 is 19.8 Å². The summed E-state index contributed by atoms with van der Waals surface area (Å²) in [6.45, 7) is 0. The van der Waals surface area contributed by atoms with Gasteiger partial charge in [-0.25, -0.2) is 14.6 Å². The first-order valence-corrected chi connectivity index (χ1v) is 8.00. The van der Waals surface area contributed by atoms with Crippen LogP contribution in [0.3, 0.4) is 0 Å². The van der Waals surface area contributed by atoms with Crippen LogP contribution in [0.4, 0.5) is 0 Å². The van der Waals surface area contributed by atoms with Crippen molar-refractivity contribution in [1.82, 2.24) is 0 Å². The van der Waals surface area contributed by atoms with Crippen LogP contribution in [0, 0.1) is 3.57 Å². The van der Waals surface area contributed by atoms with Crippen molar-refractivity contribution in [2.75, 3.05) is 6.26 Å². The predicted molar refractivity (Wildman–Crippen MR) is 53.6 cm³/mol. The molecule has 0 aliphatic carbocycles. The summed E-state index contributed by atoms with van der Waals surface area (Å²) in [6, 6.07) is 5.61. The monoisotopic (exact) mass is 314 g/mol. The molecule has 0 unspecified atom stereocenters. The van der Waals surface area contributed by atoms with Crippen molar-refractivity contribution in [2.45, 2.75) is 4.90 Å². The lowest BCUT2D eigenvalue weighted by Crippen LogP contribution is -1.99. The molecular formula is C7H7IO4S. The lowest BCUT2D eigenvalue weighted by atomic mass is 10.4. The van der Waals surface area contributed by atoms with Crippen LogP contribution in [-0.2, 0) is 16.0 Å². The summed E-state index contributed by atoms with van der Waals surface area (Å²) in [4.78, 5) is -0.106. The van der Waals surface area contributed by atoms with Crippen molar-refractivity contribution in [2.24, 2.45) is 0 Å². The highest BCUT2D eigenvalue weighted by molar-refractivity contribution is 14.2. The van der Waals surface area contributed by atoms with Crippen LogP contribution < -0.4 is 0 Å². The Kier molecular flexibility index (Phi) is 3.01. The Bertz CT molecular complexity index is 479. The molecule has 0 bridgehead atoms. The first kappa shape index (κ1) is 10.6. The summed E-state index contributed by atoms with van der Waals surface area (Å²) in [7, 11) is -3.44. The third kappa shape index (κ3) is 2.47. The van der Waals surface area contributed by atoms with Crippen LogP contribution in [-0.4, -0.2) is 14.7 Å². The summed E-state index contributed by atoms with van der Waals surface area (Å²) < 4.78 is 43.6. The minimum Gasteiger partial charge on any atom is -0.230 e. The summed E-state index contributed by atoms with van der Waals surface area (Å²) in [5.41, 5.74) is 0. The molecular weight excluding hydrogens is 307 g/mol. The van der Waals surface area contributed by atoms with Gasteiger partial charge in [0.25, 0.3) is 0 Å². The fourth-order valence-electron chi connectivity index (χ4n) is 0.873. The third-order valence-corrected chi connectivity index (χ3v) is 4.81. The van der Waals surface area contributed by atoms with Crippen LogP contribution in [0.1, 0.15) is 0 Å². The Morgan fingerprint density at radius 3 is 2.08 bits per heavy atom. The van der Waals surface area contributed by atoms with E-state index in [1.807, 2.05) is 0 Å². The SMILES string of the molecule is CS(=O)(=O)c1ccccc1I(=O)=O. The smallest absolute Gasteiger partial charge is 0.230 e. The summed E-state index contributed by atoms with van der Waals surface area (Å²) in [5, 5.41) is 0. The van der Waals surface area contributed by atoms with Gasteiger partial charge in [-0.05, 0) is 12.1 Å². The van der Waals surface area contributed by atoms with E-state index in [4.69, 9.17) is 0 Å². The largest absolute Gasteiger partial charge is 0.342 e. The van der Waals surface area contributed by atoms with Crippen LogP contribution in [0.5, 0.6) is 0 Å². The van der Waals surface area contributed by atoms with E-state index in [1.54, 1.807) is 0 Å². The summed E-state index contributed by atoms with van der Waals surface area (Å²) in [5.74, 6) is 0. The Hall–Kier alpha value is -0.500. The molecule has 13 heavy (non-hydrogen) atoms. The molecule has 4 nitrogen and oxygen atoms in total. The van der Waals surface area contributed by atoms with Crippen LogP contribution in [0.2, 0.25) is 0 Å². The lowest BCUT2D eigenvalue weighted by molar-refractivity contribution is 0.599. The maximum atomic E-state index is 11.1. The summed E-state index contributed by atoms with van der Waals surface area (Å²) >= 11 is -3.71. The van der Waals surface area contributed by atoms with Gasteiger partial charge < -0.3 is 0 Å². The van der Waals surface area contributed by atoms with E-state index >= 15 is 0 Å². The molecule has 0 spiro atoms. The Morgan fingerprint density at radius 2 is 1.69 bits per heavy atom. The van der Waals surface area contributed by atoms with Crippen molar-refractivity contribution >= 4 is 29.6 Å². The molecule has 1 aromatic carbocycles. The molecule has 0 aliphatic rings. The van der Waals surface area contributed by atoms with Gasteiger partial charge in [0.05, 0.1) is 8.47 Å². The molecule has 0 N–H and O–H groups in total. The fraction of sp³-hybridized carbons (Fsp3) is 0.143. The third-order valence-electron chi connectivity index (χ3n) is 1.40. The molecule has 0 aromatic heterocycles. The highest BCUT2D eigenvalue weighted by Gasteiger charge is 2.15. The second kappa shape index (κ2) is 3.70. The normalized spacial score (nSPS) is 11.8. The fourth-order valence-corrected chi connectivity index (χ4v) is 4.36. The zero-order valence-electron chi connectivity index (χ0n) is 6.73. The number of benzene rings is 1. The molecule has 1 aromatic rings. The van der Waals surface area contributed by atoms with Gasteiger partial charge in [-0.1, -0.05) is 12.1 Å². The number of hydrogen-bond acceptors (Lipinski definition) is 4. The lowest BCUT2D eigenvalue weighted by Gasteiger charge is -1.98. The van der Waals surface area contributed by atoms with Gasteiger partial charge in [-0.15, -0.1) is 0 Å². The topological polar surface area (TPSA) is 68.3 Å². The molecule has 0 fully saturated rings. The Balaban J connectivity index is 3.55. The molecule has 0 radical (unpaired) electrons. The van der Waals surface area contributed by atoms with E-state index in [9.17, 15) is 14.6 Å². The maximum Gasteiger partial charge on any atom is 0.342 e. The average molecular weight is 314 g/mol. The number of halogens is 1. The highest BCUT2D eigenvalue weighted by Crippen LogP contribution is 2.24. The van der Waals surface area contributed by atoms with Crippen molar-refractivity contribution in [3.63, 3.8) is 0 Å². The van der Waals surface area contributed by atoms with E-state index in [0.717, 1.165) is 6.26 Å². The molecule has 0 amide bonds. The zero-order valence-corrected chi connectivity index (χ0v) is 9.70. The molecule has 72 valence electrons. The highest BCUT2D eigenvalue weighted by atomic mass is 127. The van der Waals surface area contributed by atoms with Gasteiger partial charge in [0.2, 0.25) is 0 Å². The van der Waals surface area contributed by atoms with Crippen molar-refractivity contribution in [1.29, 1.82) is 0 Å². The van der Waals surface area contributed by atoms with E-state index in [1.165, 1.54) is 24.3 Å². The van der Waals surface area contributed by atoms with Gasteiger partial charge in [-0.2, -0.15) is 0 Å². The van der Waals surface area contributed by atoms with Crippen molar-refractivity contribution in [3.8, 4) is 0 Å². The first-order valence-electron chi connectivity index (χ1n) is 3.27. The van der Waals surface area contributed by atoms with E-state index in [2.05, 4.69) is 0 Å². The molecule has 6 heteroatoms. The van der Waals surface area contributed by atoms with E-state index < -0.39 is 29.6 Å². The molecule has 0 atom stereocenters. The average Bonchev–Trinajstić information content (AvgIpc) is 2.03. The number of rotatable bonds is 2. The molecule has 0 saturated heterocycles. The van der Waals surface area contributed by atoms with Crippen LogP contribution >= 0.6 is 19.8 Å². The standard InChI is InChI=1S/C7H7IO4S/c1-13(11,12)7-5-3-2-4-6(7)8(9)10/h2-5H,1H3. The molecule has 1 rings (SSSR count). The van der Waals surface area contributed by atoms with Gasteiger partial charge in [0.15, 0.2) is 9.84 Å². The number of sulfone groups is 1. The summed E-state index contributed by atoms with van der Waals surface area (Å²) in [6.07, 6.45) is 0.992. The van der Waals surface area contributed by atoms with E-state index in [-0.39, 0.29) is 8.47 Å². The zero-order chi connectivity index (χ0) is 10.1. The van der Waals surface area contributed by atoms with Crippen molar-refractivity contribution < 1.29 is 14.6 Å². The Labute approximate surface area is 83.0 Å². The second-order valence-corrected chi connectivity index (χ2v) is 6.81. The van der Waals surface area contributed by atoms with Gasteiger partial charge in [0.1, 0.15) is 0 Å². The molecule has 0 aliphatic heterocycles. The van der Waals surface area contributed by atoms with Gasteiger partial charge in [-0.3, -0.25) is 0 Å².